The number of carbonyl (C=O) groups excluding carboxylic acids is 1. The van der Waals surface area contributed by atoms with E-state index in [2.05, 4.69) is 41.5 Å². The van der Waals surface area contributed by atoms with E-state index in [1.165, 1.54) is 36.8 Å². The Morgan fingerprint density at radius 2 is 1.81 bits per heavy atom. The average molecular weight is 367 g/mol. The predicted octanol–water partition coefficient (Wildman–Crippen LogP) is 4.50. The molecule has 2 heterocycles. The molecule has 1 aliphatic carbocycles. The summed E-state index contributed by atoms with van der Waals surface area (Å²) in [6, 6.07) is 8.95. The Bertz CT molecular complexity index is 776. The van der Waals surface area contributed by atoms with Crippen molar-refractivity contribution in [3.63, 3.8) is 0 Å². The van der Waals surface area contributed by atoms with Gasteiger partial charge >= 0.3 is 0 Å². The summed E-state index contributed by atoms with van der Waals surface area (Å²) < 4.78 is 1.95. The van der Waals surface area contributed by atoms with Gasteiger partial charge in [0.1, 0.15) is 0 Å². The molecule has 4 rings (SSSR count). The zero-order chi connectivity index (χ0) is 18.6. The van der Waals surface area contributed by atoms with Gasteiger partial charge in [-0.3, -0.25) is 4.79 Å². The first kappa shape index (κ1) is 18.2. The van der Waals surface area contributed by atoms with Crippen LogP contribution in [0.4, 0.5) is 0 Å². The summed E-state index contributed by atoms with van der Waals surface area (Å²) >= 11 is 0. The Labute approximate surface area is 161 Å². The lowest BCUT2D eigenvalue weighted by Gasteiger charge is -2.33. The van der Waals surface area contributed by atoms with Crippen molar-refractivity contribution in [1.82, 2.24) is 19.9 Å². The van der Waals surface area contributed by atoms with Crippen LogP contribution in [-0.2, 0) is 0 Å². The van der Waals surface area contributed by atoms with E-state index in [-0.39, 0.29) is 5.91 Å². The maximum atomic E-state index is 13.0. The fraction of sp³-hybridized carbons (Fsp3) is 0.591. The molecule has 2 aromatic rings. The van der Waals surface area contributed by atoms with E-state index in [4.69, 9.17) is 0 Å². The molecular formula is C22H30N4O. The van der Waals surface area contributed by atoms with E-state index in [9.17, 15) is 4.79 Å². The van der Waals surface area contributed by atoms with Crippen molar-refractivity contribution in [3.05, 3.63) is 47.3 Å². The van der Waals surface area contributed by atoms with Gasteiger partial charge in [-0.2, -0.15) is 0 Å². The number of carbonyl (C=O) groups is 1. The highest BCUT2D eigenvalue weighted by Gasteiger charge is 2.28. The van der Waals surface area contributed by atoms with Crippen molar-refractivity contribution in [2.45, 2.75) is 70.3 Å². The van der Waals surface area contributed by atoms with Crippen molar-refractivity contribution < 1.29 is 4.79 Å². The molecule has 27 heavy (non-hydrogen) atoms. The lowest BCUT2D eigenvalue weighted by molar-refractivity contribution is 0.0700. The van der Waals surface area contributed by atoms with Crippen LogP contribution in [0.1, 0.15) is 84.9 Å². The van der Waals surface area contributed by atoms with Crippen LogP contribution in [0.3, 0.4) is 0 Å². The summed E-state index contributed by atoms with van der Waals surface area (Å²) in [5, 5.41) is 8.54. The largest absolute Gasteiger partial charge is 0.337 e. The first-order valence-corrected chi connectivity index (χ1v) is 10.5. The highest BCUT2D eigenvalue weighted by Crippen LogP contribution is 2.30. The predicted molar refractivity (Wildman–Crippen MR) is 106 cm³/mol. The quantitative estimate of drug-likeness (QED) is 0.752. The topological polar surface area (TPSA) is 51.0 Å². The summed E-state index contributed by atoms with van der Waals surface area (Å²) in [4.78, 5) is 15.0. The molecule has 1 saturated carbocycles. The molecule has 1 aliphatic heterocycles. The van der Waals surface area contributed by atoms with E-state index in [1.807, 2.05) is 15.8 Å². The second kappa shape index (κ2) is 8.24. The van der Waals surface area contributed by atoms with Gasteiger partial charge < -0.3 is 4.90 Å². The van der Waals surface area contributed by atoms with Crippen molar-refractivity contribution >= 4 is 5.91 Å². The van der Waals surface area contributed by atoms with Gasteiger partial charge in [0, 0.05) is 19.0 Å². The third kappa shape index (κ3) is 4.07. The molecule has 144 valence electrons. The maximum Gasteiger partial charge on any atom is 0.276 e. The Balaban J connectivity index is 1.45. The van der Waals surface area contributed by atoms with Crippen LogP contribution >= 0.6 is 0 Å². The summed E-state index contributed by atoms with van der Waals surface area (Å²) in [5.41, 5.74) is 3.19. The van der Waals surface area contributed by atoms with Crippen LogP contribution in [-0.4, -0.2) is 38.9 Å². The number of aryl methyl sites for hydroxylation is 1. The summed E-state index contributed by atoms with van der Waals surface area (Å²) in [6.07, 6.45) is 11.5. The van der Waals surface area contributed by atoms with Gasteiger partial charge in [-0.15, -0.1) is 5.10 Å². The third-order valence-electron chi connectivity index (χ3n) is 6.27. The molecular weight excluding hydrogens is 336 g/mol. The van der Waals surface area contributed by atoms with Gasteiger partial charge in [0.25, 0.3) is 5.91 Å². The Morgan fingerprint density at radius 3 is 2.59 bits per heavy atom. The molecule has 0 spiro atoms. The summed E-state index contributed by atoms with van der Waals surface area (Å²) in [6.45, 7) is 3.76. The lowest BCUT2D eigenvalue weighted by atomic mass is 9.88. The van der Waals surface area contributed by atoms with Crippen LogP contribution in [0.15, 0.2) is 30.5 Å². The van der Waals surface area contributed by atoms with E-state index in [0.29, 0.717) is 17.7 Å². The molecule has 1 atom stereocenters. The van der Waals surface area contributed by atoms with Crippen molar-refractivity contribution in [2.24, 2.45) is 0 Å². The third-order valence-corrected chi connectivity index (χ3v) is 6.27. The van der Waals surface area contributed by atoms with E-state index < -0.39 is 0 Å². The minimum absolute atomic E-state index is 0.0353. The number of amides is 1. The monoisotopic (exact) mass is 366 g/mol. The van der Waals surface area contributed by atoms with Gasteiger partial charge in [0.15, 0.2) is 5.69 Å². The average Bonchev–Trinajstić information content (AvgIpc) is 3.03. The minimum Gasteiger partial charge on any atom is -0.337 e. The van der Waals surface area contributed by atoms with Crippen LogP contribution in [0.5, 0.6) is 0 Å². The molecule has 2 fully saturated rings. The Hall–Kier alpha value is -2.17. The molecule has 2 aliphatic rings. The zero-order valence-corrected chi connectivity index (χ0v) is 16.3. The fourth-order valence-corrected chi connectivity index (χ4v) is 4.70. The molecule has 0 unspecified atom stereocenters. The second-order valence-electron chi connectivity index (χ2n) is 8.18. The van der Waals surface area contributed by atoms with Crippen LogP contribution in [0, 0.1) is 6.92 Å². The highest BCUT2D eigenvalue weighted by molar-refractivity contribution is 5.92. The van der Waals surface area contributed by atoms with E-state index >= 15 is 0 Å². The van der Waals surface area contributed by atoms with Crippen LogP contribution < -0.4 is 0 Å². The zero-order valence-electron chi connectivity index (χ0n) is 16.3. The number of likely N-dealkylation sites (tertiary alicyclic amines) is 1. The molecule has 1 aromatic carbocycles. The van der Waals surface area contributed by atoms with Gasteiger partial charge in [0.05, 0.1) is 12.2 Å². The molecule has 0 bridgehead atoms. The van der Waals surface area contributed by atoms with E-state index in [1.54, 1.807) is 0 Å². The fourth-order valence-electron chi connectivity index (χ4n) is 4.70. The number of aromatic nitrogens is 3. The number of hydrogen-bond donors (Lipinski definition) is 0. The standard InChI is InChI=1S/C22H30N4O/c1-17-9-6-7-13-20(17)18-10-8-14-25(15-18)22(27)21-16-26(24-23-21)19-11-4-2-3-5-12-19/h6-7,9,13,16,18-19H,2-5,8,10-12,14-15H2,1H3/t18-/m0/s1. The minimum atomic E-state index is 0.0353. The first-order valence-electron chi connectivity index (χ1n) is 10.5. The molecule has 1 amide bonds. The van der Waals surface area contributed by atoms with Crippen molar-refractivity contribution in [1.29, 1.82) is 0 Å². The van der Waals surface area contributed by atoms with Crippen LogP contribution in [0.25, 0.3) is 0 Å². The number of hydrogen-bond acceptors (Lipinski definition) is 3. The maximum absolute atomic E-state index is 13.0. The summed E-state index contributed by atoms with van der Waals surface area (Å²) in [5.74, 6) is 0.453. The molecule has 0 radical (unpaired) electrons. The second-order valence-corrected chi connectivity index (χ2v) is 8.18. The Kier molecular flexibility index (Phi) is 5.55. The number of piperidine rings is 1. The highest BCUT2D eigenvalue weighted by atomic mass is 16.2. The molecule has 1 saturated heterocycles. The van der Waals surface area contributed by atoms with Gasteiger partial charge in [-0.25, -0.2) is 4.68 Å². The van der Waals surface area contributed by atoms with Gasteiger partial charge in [-0.1, -0.05) is 55.2 Å². The lowest BCUT2D eigenvalue weighted by Crippen LogP contribution is -2.39. The normalized spacial score (nSPS) is 21.8. The number of benzene rings is 1. The van der Waals surface area contributed by atoms with E-state index in [0.717, 1.165) is 38.8 Å². The van der Waals surface area contributed by atoms with Gasteiger partial charge in [0.2, 0.25) is 0 Å². The van der Waals surface area contributed by atoms with Gasteiger partial charge in [-0.05, 0) is 43.7 Å². The molecule has 5 heteroatoms. The summed E-state index contributed by atoms with van der Waals surface area (Å²) in [7, 11) is 0. The Morgan fingerprint density at radius 1 is 1.04 bits per heavy atom. The smallest absolute Gasteiger partial charge is 0.276 e. The van der Waals surface area contributed by atoms with Crippen molar-refractivity contribution in [2.75, 3.05) is 13.1 Å². The first-order chi connectivity index (χ1) is 13.2. The molecule has 1 aromatic heterocycles. The SMILES string of the molecule is Cc1ccccc1[C@H]1CCCN(C(=O)c2cn(C3CCCCCC3)nn2)C1. The van der Waals surface area contributed by atoms with Crippen molar-refractivity contribution in [3.8, 4) is 0 Å². The number of rotatable bonds is 3. The van der Waals surface area contributed by atoms with Crippen LogP contribution in [0.2, 0.25) is 0 Å². The number of nitrogens with zero attached hydrogens (tertiary/aromatic N) is 4. The molecule has 0 N–H and O–H groups in total. The molecule has 5 nitrogen and oxygen atoms in total.